The van der Waals surface area contributed by atoms with Gasteiger partial charge >= 0.3 is 70.5 Å². The van der Waals surface area contributed by atoms with Crippen LogP contribution in [-0.2, 0) is 20.2 Å². The Labute approximate surface area is 351 Å². The number of rotatable bonds is 12. The van der Waals surface area contributed by atoms with Gasteiger partial charge in [0.1, 0.15) is 20.2 Å². The molecule has 22 heteroatoms. The Bertz CT molecular complexity index is 2470. The van der Waals surface area contributed by atoms with Gasteiger partial charge in [0, 0.05) is 22.7 Å². The standard InChI is InChI=1S/C32H26N10O8S2.2Na/c43-31-39-27(33-21-7-3-1-4-8-21)37-29(41-31)35-23-15-13-19(25(17-23)51(45,46)47)11-12-20-14-16-24(18-26(20)52(48,49)50)36-30-38-28(40-32(44)42-30)34-22-9-5-2-6-10-22;;/h1-18H,(H,45,46,47)(H,48,49,50)(H3,33,35,37,39,41,43)(H3,34,36,38,40,42,44);;/q;2*+1/p-2/b12-11+;;. The summed E-state index contributed by atoms with van der Waals surface area (Å²) in [7, 11) is -10.2. The second-order valence-electron chi connectivity index (χ2n) is 10.6. The summed E-state index contributed by atoms with van der Waals surface area (Å²) >= 11 is 0. The van der Waals surface area contributed by atoms with Crippen molar-refractivity contribution in [3.63, 3.8) is 0 Å². The van der Waals surface area contributed by atoms with E-state index in [1.165, 1.54) is 24.3 Å². The first kappa shape index (κ1) is 42.0. The first-order valence-corrected chi connectivity index (χ1v) is 17.6. The van der Waals surface area contributed by atoms with Gasteiger partial charge in [-0.05, 0) is 59.7 Å². The first-order valence-electron chi connectivity index (χ1n) is 14.8. The van der Waals surface area contributed by atoms with Crippen LogP contribution in [0.15, 0.2) is 116 Å². The van der Waals surface area contributed by atoms with Gasteiger partial charge in [-0.1, -0.05) is 60.7 Å². The summed E-state index contributed by atoms with van der Waals surface area (Å²) in [6.07, 6.45) is 2.28. The van der Waals surface area contributed by atoms with Gasteiger partial charge in [-0.25, -0.2) is 26.4 Å². The smallest absolute Gasteiger partial charge is 0.744 e. The van der Waals surface area contributed by atoms with E-state index in [0.717, 1.165) is 24.3 Å². The zero-order valence-electron chi connectivity index (χ0n) is 28.3. The minimum absolute atomic E-state index is 0. The van der Waals surface area contributed by atoms with Crippen molar-refractivity contribution < 1.29 is 85.1 Å². The average Bonchev–Trinajstić information content (AvgIpc) is 3.07. The molecule has 0 aliphatic heterocycles. The molecule has 264 valence electrons. The molecule has 2 aromatic heterocycles. The van der Waals surface area contributed by atoms with Crippen molar-refractivity contribution in [3.8, 4) is 0 Å². The van der Waals surface area contributed by atoms with Crippen molar-refractivity contribution in [1.82, 2.24) is 29.9 Å². The fraction of sp³-hybridized carbons (Fsp3) is 0. The van der Waals surface area contributed by atoms with E-state index in [1.807, 2.05) is 0 Å². The molecule has 4 aromatic carbocycles. The number of anilines is 8. The molecule has 0 aliphatic rings. The molecule has 6 aromatic rings. The van der Waals surface area contributed by atoms with Crippen LogP contribution in [0.25, 0.3) is 12.2 Å². The van der Waals surface area contributed by atoms with Gasteiger partial charge in [-0.2, -0.15) is 19.9 Å². The summed E-state index contributed by atoms with van der Waals surface area (Å²) in [5, 5.41) is 11.2. The second-order valence-corrected chi connectivity index (χ2v) is 13.3. The molecule has 0 amide bonds. The maximum absolute atomic E-state index is 12.3. The number of para-hydroxylation sites is 2. The molecular weight excluding hydrogens is 763 g/mol. The molecule has 18 nitrogen and oxygen atoms in total. The van der Waals surface area contributed by atoms with E-state index in [-0.39, 0.29) is 105 Å². The van der Waals surface area contributed by atoms with Crippen molar-refractivity contribution in [3.05, 3.63) is 129 Å². The molecule has 0 radical (unpaired) electrons. The maximum Gasteiger partial charge on any atom is 1.00 e. The maximum atomic E-state index is 12.3. The number of benzene rings is 4. The van der Waals surface area contributed by atoms with Crippen LogP contribution in [0.5, 0.6) is 0 Å². The van der Waals surface area contributed by atoms with Crippen LogP contribution in [-0.4, -0.2) is 55.8 Å². The Hall–Kier alpha value is -4.74. The van der Waals surface area contributed by atoms with Crippen LogP contribution in [0.2, 0.25) is 0 Å². The molecular formula is C32H24N10Na2O8S2. The van der Waals surface area contributed by atoms with Crippen LogP contribution in [0.4, 0.5) is 46.5 Å². The number of hydrogen-bond acceptors (Lipinski definition) is 16. The van der Waals surface area contributed by atoms with Gasteiger partial charge in [0.25, 0.3) is 0 Å². The summed E-state index contributed by atoms with van der Waals surface area (Å²) in [4.78, 5) is 43.3. The van der Waals surface area contributed by atoms with Crippen LogP contribution in [0.1, 0.15) is 11.1 Å². The molecule has 0 aliphatic carbocycles. The Kier molecular flexibility index (Phi) is 14.0. The third kappa shape index (κ3) is 11.4. The number of nitrogens with zero attached hydrogens (tertiary/aromatic N) is 4. The van der Waals surface area contributed by atoms with E-state index in [4.69, 9.17) is 0 Å². The van der Waals surface area contributed by atoms with E-state index in [1.54, 1.807) is 60.7 Å². The largest absolute Gasteiger partial charge is 1.00 e. The molecule has 0 bridgehead atoms. The summed E-state index contributed by atoms with van der Waals surface area (Å²) in [6.45, 7) is 0. The van der Waals surface area contributed by atoms with Crippen molar-refractivity contribution in [2.75, 3.05) is 21.3 Å². The molecule has 0 saturated heterocycles. The fourth-order valence-corrected chi connectivity index (χ4v) is 6.10. The quantitative estimate of drug-likeness (QED) is 0.0429. The van der Waals surface area contributed by atoms with Gasteiger partial charge < -0.3 is 30.4 Å². The molecule has 0 fully saturated rings. The van der Waals surface area contributed by atoms with E-state index in [0.29, 0.717) is 11.4 Å². The fourth-order valence-electron chi connectivity index (χ4n) is 4.71. The predicted octanol–water partition coefficient (Wildman–Crippen LogP) is -2.40. The van der Waals surface area contributed by atoms with Crippen LogP contribution in [0.3, 0.4) is 0 Å². The zero-order valence-corrected chi connectivity index (χ0v) is 33.9. The Morgan fingerprint density at radius 1 is 0.481 bits per heavy atom. The van der Waals surface area contributed by atoms with Crippen molar-refractivity contribution in [2.45, 2.75) is 9.79 Å². The summed E-state index contributed by atoms with van der Waals surface area (Å²) < 4.78 is 73.6. The molecule has 0 unspecified atom stereocenters. The first-order chi connectivity index (χ1) is 24.8. The third-order valence-corrected chi connectivity index (χ3v) is 8.69. The van der Waals surface area contributed by atoms with Crippen LogP contribution < -0.4 is 91.8 Å². The topological polar surface area (TPSA) is 280 Å². The van der Waals surface area contributed by atoms with E-state index in [2.05, 4.69) is 51.2 Å². The number of H-pyrrole nitrogens is 2. The second kappa shape index (κ2) is 18.1. The Balaban J connectivity index is 0.00000325. The zero-order chi connectivity index (χ0) is 36.9. The van der Waals surface area contributed by atoms with Gasteiger partial charge in [0.2, 0.25) is 23.8 Å². The number of nitrogens with one attached hydrogen (secondary N) is 6. The van der Waals surface area contributed by atoms with E-state index < -0.39 is 41.4 Å². The summed E-state index contributed by atoms with van der Waals surface area (Å²) in [5.74, 6) is -0.176. The van der Waals surface area contributed by atoms with Crippen molar-refractivity contribution >= 4 is 78.9 Å². The van der Waals surface area contributed by atoms with Crippen LogP contribution >= 0.6 is 0 Å². The Morgan fingerprint density at radius 3 is 1.11 bits per heavy atom. The third-order valence-electron chi connectivity index (χ3n) is 6.91. The Morgan fingerprint density at radius 2 is 0.796 bits per heavy atom. The number of aromatic nitrogens is 6. The normalized spacial score (nSPS) is 11.2. The monoisotopic (exact) mass is 786 g/mol. The van der Waals surface area contributed by atoms with E-state index in [9.17, 15) is 35.5 Å². The molecule has 54 heavy (non-hydrogen) atoms. The molecule has 0 spiro atoms. The summed E-state index contributed by atoms with van der Waals surface area (Å²) in [6, 6.07) is 24.8. The average molecular weight is 787 g/mol. The van der Waals surface area contributed by atoms with Gasteiger partial charge in [0.05, 0.1) is 9.79 Å². The van der Waals surface area contributed by atoms with Gasteiger partial charge in [-0.15, -0.1) is 0 Å². The number of hydrogen-bond donors (Lipinski definition) is 6. The van der Waals surface area contributed by atoms with Gasteiger partial charge in [0.15, 0.2) is 0 Å². The molecule has 0 atom stereocenters. The minimum atomic E-state index is -5.11. The van der Waals surface area contributed by atoms with Crippen LogP contribution in [0, 0.1) is 0 Å². The van der Waals surface area contributed by atoms with Gasteiger partial charge in [-0.3, -0.25) is 9.97 Å². The SMILES string of the molecule is O=c1nc(Nc2ccccc2)[nH]c(Nc2ccc(/C=C/c3ccc(Nc4nc(=O)nc(Nc5ccccc5)[nH]4)cc3S(=O)(=O)[O-])c(S(=O)(=O)[O-])c2)n1.[Na+].[Na+]. The van der Waals surface area contributed by atoms with Crippen molar-refractivity contribution in [2.24, 2.45) is 0 Å². The predicted molar refractivity (Wildman–Crippen MR) is 189 cm³/mol. The molecule has 2 heterocycles. The molecule has 0 saturated carbocycles. The minimum Gasteiger partial charge on any atom is -0.744 e. The summed E-state index contributed by atoms with van der Waals surface area (Å²) in [5.41, 5.74) is -0.680. The molecule has 6 rings (SSSR count). The van der Waals surface area contributed by atoms with E-state index >= 15 is 0 Å². The molecule has 6 N–H and O–H groups in total. The van der Waals surface area contributed by atoms with Crippen molar-refractivity contribution in [1.29, 1.82) is 0 Å². The number of aromatic amines is 2.